The molecule has 1 unspecified atom stereocenters. The molecule has 1 atom stereocenters. The van der Waals surface area contributed by atoms with Gasteiger partial charge in [0.15, 0.2) is 0 Å². The van der Waals surface area contributed by atoms with Gasteiger partial charge in [-0.25, -0.2) is 0 Å². The van der Waals surface area contributed by atoms with E-state index in [4.69, 9.17) is 0 Å². The standard InChI is InChI=1S/C15H22N2O4/c1-3-5-7-11(6-4-2)16-15(19)13-10-12(18)8-9-14(13)17(20)21/h8-11,18H,3-7H2,1-2H3,(H,16,19). The van der Waals surface area contributed by atoms with Gasteiger partial charge in [0.05, 0.1) is 4.92 Å². The molecule has 1 aromatic carbocycles. The van der Waals surface area contributed by atoms with Gasteiger partial charge < -0.3 is 10.4 Å². The fourth-order valence-electron chi connectivity index (χ4n) is 2.22. The lowest BCUT2D eigenvalue weighted by Gasteiger charge is -2.18. The van der Waals surface area contributed by atoms with Gasteiger partial charge in [-0.2, -0.15) is 0 Å². The summed E-state index contributed by atoms with van der Waals surface area (Å²) in [6.45, 7) is 4.10. The van der Waals surface area contributed by atoms with E-state index in [1.165, 1.54) is 6.07 Å². The Morgan fingerprint density at radius 3 is 2.62 bits per heavy atom. The maximum Gasteiger partial charge on any atom is 0.282 e. The first-order chi connectivity index (χ1) is 9.99. The number of nitro groups is 1. The zero-order valence-electron chi connectivity index (χ0n) is 12.5. The van der Waals surface area contributed by atoms with Crippen molar-refractivity contribution in [3.63, 3.8) is 0 Å². The molecule has 6 heteroatoms. The Morgan fingerprint density at radius 1 is 1.33 bits per heavy atom. The number of unbranched alkanes of at least 4 members (excludes halogenated alkanes) is 1. The Morgan fingerprint density at radius 2 is 2.05 bits per heavy atom. The summed E-state index contributed by atoms with van der Waals surface area (Å²) in [6.07, 6.45) is 4.63. The second-order valence-electron chi connectivity index (χ2n) is 5.06. The topological polar surface area (TPSA) is 92.5 Å². The zero-order chi connectivity index (χ0) is 15.8. The second kappa shape index (κ2) is 8.24. The Balaban J connectivity index is 2.90. The van der Waals surface area contributed by atoms with Crippen molar-refractivity contribution in [1.29, 1.82) is 0 Å². The zero-order valence-corrected chi connectivity index (χ0v) is 12.5. The Bertz CT molecular complexity index is 502. The van der Waals surface area contributed by atoms with Gasteiger partial charge in [0.2, 0.25) is 0 Å². The average molecular weight is 294 g/mol. The van der Waals surface area contributed by atoms with Gasteiger partial charge >= 0.3 is 0 Å². The number of carbonyl (C=O) groups excluding carboxylic acids is 1. The number of nitrogens with zero attached hydrogens (tertiary/aromatic N) is 1. The summed E-state index contributed by atoms with van der Waals surface area (Å²) in [4.78, 5) is 22.6. The van der Waals surface area contributed by atoms with Crippen LogP contribution in [0.5, 0.6) is 5.75 Å². The normalized spacial score (nSPS) is 11.9. The summed E-state index contributed by atoms with van der Waals surface area (Å²) in [5.41, 5.74) is -0.395. The summed E-state index contributed by atoms with van der Waals surface area (Å²) < 4.78 is 0. The van der Waals surface area contributed by atoms with Crippen LogP contribution in [-0.4, -0.2) is 22.0 Å². The molecular weight excluding hydrogens is 272 g/mol. The van der Waals surface area contributed by atoms with Crippen molar-refractivity contribution in [3.05, 3.63) is 33.9 Å². The van der Waals surface area contributed by atoms with Crippen molar-refractivity contribution in [2.45, 2.75) is 52.0 Å². The first-order valence-electron chi connectivity index (χ1n) is 7.27. The van der Waals surface area contributed by atoms with Gasteiger partial charge in [-0.05, 0) is 25.0 Å². The number of nitrogens with one attached hydrogen (secondary N) is 1. The molecule has 1 amide bonds. The Labute approximate surface area is 124 Å². The number of aromatic hydroxyl groups is 1. The molecule has 116 valence electrons. The summed E-state index contributed by atoms with van der Waals surface area (Å²) in [5, 5.41) is 23.2. The molecule has 0 aliphatic heterocycles. The Hall–Kier alpha value is -2.11. The van der Waals surface area contributed by atoms with Crippen molar-refractivity contribution >= 4 is 11.6 Å². The van der Waals surface area contributed by atoms with Crippen LogP contribution in [0.15, 0.2) is 18.2 Å². The molecule has 2 N–H and O–H groups in total. The smallest absolute Gasteiger partial charge is 0.282 e. The third-order valence-corrected chi connectivity index (χ3v) is 3.30. The van der Waals surface area contributed by atoms with Gasteiger partial charge in [-0.3, -0.25) is 14.9 Å². The minimum absolute atomic E-state index is 0.00408. The lowest BCUT2D eigenvalue weighted by atomic mass is 10.0. The first kappa shape index (κ1) is 16.9. The largest absolute Gasteiger partial charge is 0.508 e. The van der Waals surface area contributed by atoms with Crippen molar-refractivity contribution < 1.29 is 14.8 Å². The number of phenolic OH excluding ortho intramolecular Hbond substituents is 1. The molecule has 0 saturated heterocycles. The fraction of sp³-hybridized carbons (Fsp3) is 0.533. The van der Waals surface area contributed by atoms with Crippen molar-refractivity contribution in [3.8, 4) is 5.75 Å². The molecular formula is C15H22N2O4. The molecule has 0 aromatic heterocycles. The minimum atomic E-state index is -0.616. The van der Waals surface area contributed by atoms with E-state index in [9.17, 15) is 20.0 Å². The lowest BCUT2D eigenvalue weighted by molar-refractivity contribution is -0.385. The number of carbonyl (C=O) groups is 1. The van der Waals surface area contributed by atoms with E-state index < -0.39 is 10.8 Å². The predicted octanol–water partition coefficient (Wildman–Crippen LogP) is 3.39. The Kier molecular flexibility index (Phi) is 6.65. The maximum atomic E-state index is 12.2. The highest BCUT2D eigenvalue weighted by Gasteiger charge is 2.22. The van der Waals surface area contributed by atoms with E-state index in [2.05, 4.69) is 12.2 Å². The van der Waals surface area contributed by atoms with Crippen molar-refractivity contribution in [2.75, 3.05) is 0 Å². The van der Waals surface area contributed by atoms with E-state index in [1.54, 1.807) is 0 Å². The van der Waals surface area contributed by atoms with Gasteiger partial charge in [-0.1, -0.05) is 33.1 Å². The minimum Gasteiger partial charge on any atom is -0.508 e. The van der Waals surface area contributed by atoms with Crippen LogP contribution in [-0.2, 0) is 0 Å². The molecule has 0 aliphatic rings. The summed E-state index contributed by atoms with van der Waals surface area (Å²) in [6, 6.07) is 3.49. The predicted molar refractivity (Wildman–Crippen MR) is 80.4 cm³/mol. The number of hydrogen-bond donors (Lipinski definition) is 2. The highest BCUT2D eigenvalue weighted by Crippen LogP contribution is 2.23. The van der Waals surface area contributed by atoms with Crippen LogP contribution in [0.1, 0.15) is 56.3 Å². The number of rotatable bonds is 8. The van der Waals surface area contributed by atoms with Gasteiger partial charge in [-0.15, -0.1) is 0 Å². The molecule has 0 bridgehead atoms. The highest BCUT2D eigenvalue weighted by atomic mass is 16.6. The van der Waals surface area contributed by atoms with Crippen LogP contribution in [0.4, 0.5) is 5.69 Å². The molecule has 1 aromatic rings. The average Bonchev–Trinajstić information content (AvgIpc) is 2.44. The second-order valence-corrected chi connectivity index (χ2v) is 5.06. The number of hydrogen-bond acceptors (Lipinski definition) is 4. The van der Waals surface area contributed by atoms with E-state index in [1.807, 2.05) is 6.92 Å². The highest BCUT2D eigenvalue weighted by molar-refractivity contribution is 5.98. The SMILES string of the molecule is CCCCC(CCC)NC(=O)c1cc(O)ccc1[N+](=O)[O-]. The van der Waals surface area contributed by atoms with Gasteiger partial charge in [0, 0.05) is 12.1 Å². The summed E-state index contributed by atoms with van der Waals surface area (Å²) >= 11 is 0. The molecule has 0 aliphatic carbocycles. The van der Waals surface area contributed by atoms with Gasteiger partial charge in [0.1, 0.15) is 11.3 Å². The third kappa shape index (κ3) is 5.06. The quantitative estimate of drug-likeness (QED) is 0.567. The fourth-order valence-corrected chi connectivity index (χ4v) is 2.22. The number of amides is 1. The molecule has 21 heavy (non-hydrogen) atoms. The molecule has 0 radical (unpaired) electrons. The molecule has 0 spiro atoms. The molecule has 0 saturated carbocycles. The monoisotopic (exact) mass is 294 g/mol. The van der Waals surface area contributed by atoms with E-state index in [0.717, 1.165) is 44.2 Å². The van der Waals surface area contributed by atoms with E-state index >= 15 is 0 Å². The van der Waals surface area contributed by atoms with E-state index in [0.29, 0.717) is 0 Å². The van der Waals surface area contributed by atoms with Crippen LogP contribution >= 0.6 is 0 Å². The van der Waals surface area contributed by atoms with Crippen molar-refractivity contribution in [2.24, 2.45) is 0 Å². The van der Waals surface area contributed by atoms with Gasteiger partial charge in [0.25, 0.3) is 11.6 Å². The van der Waals surface area contributed by atoms with Crippen molar-refractivity contribution in [1.82, 2.24) is 5.32 Å². The molecule has 1 rings (SSSR count). The molecule has 0 heterocycles. The van der Waals surface area contributed by atoms with Crippen LogP contribution in [0.25, 0.3) is 0 Å². The molecule has 6 nitrogen and oxygen atoms in total. The maximum absolute atomic E-state index is 12.2. The number of benzene rings is 1. The molecule has 0 fully saturated rings. The van der Waals surface area contributed by atoms with Crippen LogP contribution < -0.4 is 5.32 Å². The summed E-state index contributed by atoms with van der Waals surface area (Å²) in [5.74, 6) is -0.668. The third-order valence-electron chi connectivity index (χ3n) is 3.30. The van der Waals surface area contributed by atoms with E-state index in [-0.39, 0.29) is 23.0 Å². The summed E-state index contributed by atoms with van der Waals surface area (Å²) in [7, 11) is 0. The van der Waals surface area contributed by atoms with Crippen LogP contribution in [0.2, 0.25) is 0 Å². The lowest BCUT2D eigenvalue weighted by Crippen LogP contribution is -2.35. The van der Waals surface area contributed by atoms with Crippen LogP contribution in [0, 0.1) is 10.1 Å². The van der Waals surface area contributed by atoms with Crippen LogP contribution in [0.3, 0.4) is 0 Å². The first-order valence-corrected chi connectivity index (χ1v) is 7.27. The number of phenols is 1. The number of nitro benzene ring substituents is 1.